The van der Waals surface area contributed by atoms with Crippen molar-refractivity contribution >= 4 is 23.7 Å². The molecule has 7 aliphatic rings. The summed E-state index contributed by atoms with van der Waals surface area (Å²) in [5, 5.41) is 26.1. The maximum absolute atomic E-state index is 14.8. The van der Waals surface area contributed by atoms with Crippen LogP contribution in [0.25, 0.3) is 0 Å². The molecule has 1 spiro atoms. The molecular formula is C39H43N3O10S. The van der Waals surface area contributed by atoms with E-state index in [0.717, 1.165) is 38.9 Å². The number of aromatic hydroxyl groups is 2. The van der Waals surface area contributed by atoms with E-state index in [2.05, 4.69) is 16.3 Å². The molecule has 7 aliphatic heterocycles. The van der Waals surface area contributed by atoms with Crippen LogP contribution in [0.2, 0.25) is 0 Å². The van der Waals surface area contributed by atoms with Crippen LogP contribution in [-0.2, 0) is 32.7 Å². The lowest BCUT2D eigenvalue weighted by Crippen LogP contribution is -2.65. The van der Waals surface area contributed by atoms with E-state index in [4.69, 9.17) is 28.4 Å². The first-order chi connectivity index (χ1) is 25.5. The predicted molar refractivity (Wildman–Crippen MR) is 193 cm³/mol. The molecule has 0 radical (unpaired) electrons. The van der Waals surface area contributed by atoms with Gasteiger partial charge >= 0.3 is 11.9 Å². The zero-order valence-corrected chi connectivity index (χ0v) is 31.3. The van der Waals surface area contributed by atoms with Gasteiger partial charge in [-0.3, -0.25) is 14.6 Å². The van der Waals surface area contributed by atoms with Gasteiger partial charge in [-0.15, -0.1) is 11.8 Å². The van der Waals surface area contributed by atoms with Crippen LogP contribution in [0.3, 0.4) is 0 Å². The maximum atomic E-state index is 14.8. The number of benzene rings is 3. The Balaban J connectivity index is 1.30. The first-order valence-electron chi connectivity index (χ1n) is 17.9. The van der Waals surface area contributed by atoms with Crippen LogP contribution in [0.1, 0.15) is 68.8 Å². The summed E-state index contributed by atoms with van der Waals surface area (Å²) < 4.78 is 36.2. The molecule has 53 heavy (non-hydrogen) atoms. The number of aryl methyl sites for hydroxylation is 1. The number of phenols is 2. The number of methoxy groups -OCH3 is 2. The molecule has 3 N–H and O–H groups in total. The fraction of sp³-hybridized carbons (Fsp3) is 0.487. The van der Waals surface area contributed by atoms with Crippen LogP contribution in [-0.4, -0.2) is 97.5 Å². The largest absolute Gasteiger partial charge is 0.504 e. The van der Waals surface area contributed by atoms with Crippen molar-refractivity contribution in [1.82, 2.24) is 15.1 Å². The molecule has 280 valence electrons. The number of thioether (sulfide) groups is 1. The van der Waals surface area contributed by atoms with Crippen molar-refractivity contribution in [2.75, 3.05) is 53.5 Å². The summed E-state index contributed by atoms with van der Waals surface area (Å²) >= 11 is 1.59. The van der Waals surface area contributed by atoms with E-state index in [9.17, 15) is 19.8 Å². The number of ether oxygens (including phenoxy) is 6. The number of piperazine rings is 1. The SMILES string of the molecule is COc1cc2c(cc1O)CCN(C)[C@]21CS[C@@H]2c3c(OC(C)=O)c(C)c4c(c3[C@H](COC1=O)N1C[C@@H]3Cc5cc(C)c(OC)c(O)c5[C@@H](N3)C21)OCO4. The number of rotatable bonds is 3. The van der Waals surface area contributed by atoms with Gasteiger partial charge in [0, 0.05) is 60.1 Å². The van der Waals surface area contributed by atoms with E-state index in [0.29, 0.717) is 54.5 Å². The number of esters is 2. The Kier molecular flexibility index (Phi) is 8.01. The molecule has 13 nitrogen and oxygen atoms in total. The summed E-state index contributed by atoms with van der Waals surface area (Å²) in [4.78, 5) is 32.1. The number of phenolic OH excluding ortho intramolecular Hbond substituents is 2. The summed E-state index contributed by atoms with van der Waals surface area (Å²) in [5.74, 6) is 1.70. The summed E-state index contributed by atoms with van der Waals surface area (Å²) in [6.07, 6.45) is 1.31. The van der Waals surface area contributed by atoms with Crippen LogP contribution in [0.4, 0.5) is 0 Å². The molecular weight excluding hydrogens is 703 g/mol. The van der Waals surface area contributed by atoms with Gasteiger partial charge in [0.05, 0.1) is 31.6 Å². The summed E-state index contributed by atoms with van der Waals surface area (Å²) in [5.41, 5.74) is 5.25. The Labute approximate surface area is 311 Å². The second-order valence-electron chi connectivity index (χ2n) is 14.9. The van der Waals surface area contributed by atoms with E-state index in [1.54, 1.807) is 31.0 Å². The minimum Gasteiger partial charge on any atom is -0.504 e. The van der Waals surface area contributed by atoms with Gasteiger partial charge in [0.25, 0.3) is 0 Å². The Morgan fingerprint density at radius 1 is 1.02 bits per heavy atom. The molecule has 7 heterocycles. The first-order valence-corrected chi connectivity index (χ1v) is 19.0. The first kappa shape index (κ1) is 34.4. The van der Waals surface area contributed by atoms with Crippen molar-refractivity contribution in [1.29, 1.82) is 0 Å². The van der Waals surface area contributed by atoms with Crippen molar-refractivity contribution in [2.45, 2.75) is 68.6 Å². The highest BCUT2D eigenvalue weighted by Crippen LogP contribution is 2.63. The Morgan fingerprint density at radius 2 is 1.81 bits per heavy atom. The van der Waals surface area contributed by atoms with Crippen LogP contribution in [0.5, 0.6) is 40.2 Å². The molecule has 2 saturated heterocycles. The highest BCUT2D eigenvalue weighted by molar-refractivity contribution is 7.99. The lowest BCUT2D eigenvalue weighted by Gasteiger charge is -2.58. The number of carbonyl (C=O) groups excluding carboxylic acids is 2. The average molecular weight is 746 g/mol. The second-order valence-corrected chi connectivity index (χ2v) is 16.0. The number of hydrogen-bond donors (Lipinski definition) is 3. The van der Waals surface area contributed by atoms with Crippen molar-refractivity contribution < 1.29 is 48.2 Å². The molecule has 0 saturated carbocycles. The number of nitrogens with one attached hydrogen (secondary N) is 1. The van der Waals surface area contributed by atoms with E-state index < -0.39 is 28.8 Å². The number of hydrogen-bond acceptors (Lipinski definition) is 14. The predicted octanol–water partition coefficient (Wildman–Crippen LogP) is 4.09. The molecule has 10 rings (SSSR count). The van der Waals surface area contributed by atoms with E-state index in [1.807, 2.05) is 25.8 Å². The molecule has 1 unspecified atom stereocenters. The van der Waals surface area contributed by atoms with Crippen molar-refractivity contribution in [3.63, 3.8) is 0 Å². The minimum absolute atomic E-state index is 0.00640. The van der Waals surface area contributed by atoms with Crippen LogP contribution in [0, 0.1) is 13.8 Å². The highest BCUT2D eigenvalue weighted by atomic mass is 32.2. The third-order valence-corrected chi connectivity index (χ3v) is 13.6. The fourth-order valence-corrected chi connectivity index (χ4v) is 11.7. The quantitative estimate of drug-likeness (QED) is 0.261. The zero-order chi connectivity index (χ0) is 37.1. The lowest BCUT2D eigenvalue weighted by molar-refractivity contribution is -0.161. The van der Waals surface area contributed by atoms with E-state index in [-0.39, 0.29) is 54.5 Å². The number of carbonyl (C=O) groups is 2. The van der Waals surface area contributed by atoms with E-state index >= 15 is 0 Å². The van der Waals surface area contributed by atoms with Gasteiger partial charge in [0.15, 0.2) is 40.0 Å². The molecule has 0 amide bonds. The van der Waals surface area contributed by atoms with Crippen molar-refractivity contribution in [3.8, 4) is 40.2 Å². The van der Waals surface area contributed by atoms with E-state index in [1.165, 1.54) is 14.0 Å². The third-order valence-electron chi connectivity index (χ3n) is 12.2. The summed E-state index contributed by atoms with van der Waals surface area (Å²) in [7, 11) is 4.99. The highest BCUT2D eigenvalue weighted by Gasteiger charge is 2.58. The van der Waals surface area contributed by atoms with Crippen molar-refractivity contribution in [3.05, 3.63) is 62.7 Å². The smallest absolute Gasteiger partial charge is 0.332 e. The van der Waals surface area contributed by atoms with Crippen LogP contribution >= 0.6 is 11.8 Å². The number of likely N-dealkylation sites (N-methyl/N-ethyl adjacent to an activating group) is 1. The normalized spacial score (nSPS) is 28.3. The second kappa shape index (κ2) is 12.3. The van der Waals surface area contributed by atoms with Gasteiger partial charge < -0.3 is 44.0 Å². The maximum Gasteiger partial charge on any atom is 0.332 e. The molecule has 6 atom stereocenters. The van der Waals surface area contributed by atoms with Gasteiger partial charge in [-0.2, -0.15) is 0 Å². The zero-order valence-electron chi connectivity index (χ0n) is 30.5. The van der Waals surface area contributed by atoms with Crippen molar-refractivity contribution in [2.24, 2.45) is 0 Å². The summed E-state index contributed by atoms with van der Waals surface area (Å²) in [6.45, 7) is 6.37. The fourth-order valence-electron chi connectivity index (χ4n) is 9.88. The lowest BCUT2D eigenvalue weighted by atomic mass is 9.74. The summed E-state index contributed by atoms with van der Waals surface area (Å²) in [6, 6.07) is 4.42. The monoisotopic (exact) mass is 745 g/mol. The van der Waals surface area contributed by atoms with Gasteiger partial charge in [0.2, 0.25) is 6.79 Å². The van der Waals surface area contributed by atoms with Gasteiger partial charge in [-0.25, -0.2) is 4.79 Å². The Morgan fingerprint density at radius 3 is 2.57 bits per heavy atom. The molecule has 3 aromatic carbocycles. The van der Waals surface area contributed by atoms with Gasteiger partial charge in [-0.05, 0) is 68.1 Å². The molecule has 4 bridgehead atoms. The van der Waals surface area contributed by atoms with Gasteiger partial charge in [-0.1, -0.05) is 6.07 Å². The Hall–Kier alpha value is -4.37. The molecule has 0 aliphatic carbocycles. The molecule has 0 aromatic heterocycles. The van der Waals surface area contributed by atoms with Crippen LogP contribution < -0.4 is 29.0 Å². The minimum atomic E-state index is -1.24. The van der Waals surface area contributed by atoms with Crippen LogP contribution in [0.15, 0.2) is 18.2 Å². The number of fused-ring (bicyclic) bond motifs is 9. The number of nitrogens with zero attached hydrogens (tertiary/aromatic N) is 2. The Bertz CT molecular complexity index is 2090. The molecule has 3 aromatic rings. The standard InChI is InChI=1S/C39H43N3O10S/c1-17-9-21-10-22-13-42-24-14-49-38(46)39(23-12-26(47-5)25(44)11-20(23)7-8-41(39)4)15-53-37(31(42)30(40-22)27(21)32(45)33(17)48-6)29-28(24)36-35(50-16-51-36)18(2)34(29)52-19(3)43/h9,11-12,22,24,30-31,37,40,44-45H,7-8,10,13-16H2,1-6H3/t22-,24-,30+,31?,37+,39+/m0/s1. The topological polar surface area (TPSA) is 148 Å². The third kappa shape index (κ3) is 4.81. The van der Waals surface area contributed by atoms with Gasteiger partial charge in [0.1, 0.15) is 12.4 Å². The molecule has 14 heteroatoms. The average Bonchev–Trinajstić information content (AvgIpc) is 3.62. The molecule has 2 fully saturated rings.